The molecule has 53 heavy (non-hydrogen) atoms. The quantitative estimate of drug-likeness (QED) is 0.0879. The molecule has 0 amide bonds. The lowest BCUT2D eigenvalue weighted by molar-refractivity contribution is -0.191. The molecule has 22 nitrogen and oxygen atoms in total. The number of nitrogens with two attached hydrogens (primary N) is 4. The highest BCUT2D eigenvalue weighted by atomic mass is 16.7. The molecule has 0 aliphatic heterocycles. The average Bonchev–Trinajstić information content (AvgIpc) is 3.76. The number of carbonyl (C=O) groups is 2. The van der Waals surface area contributed by atoms with Crippen molar-refractivity contribution in [1.29, 1.82) is 0 Å². The van der Waals surface area contributed by atoms with Crippen molar-refractivity contribution >= 4 is 52.7 Å². The van der Waals surface area contributed by atoms with Crippen molar-refractivity contribution in [3.8, 4) is 0 Å². The average molecular weight is 753 g/mol. The highest BCUT2D eigenvalue weighted by molar-refractivity contribution is 6.00. The maximum Gasteiger partial charge on any atom is 0.373 e. The first kappa shape index (κ1) is 48.9. The van der Waals surface area contributed by atoms with Crippen molar-refractivity contribution in [3.05, 3.63) is 53.6 Å². The molecule has 0 bridgehead atoms. The number of nitrogen functional groups attached to an aromatic ring is 4. The van der Waals surface area contributed by atoms with Gasteiger partial charge in [0.05, 0.1) is 6.61 Å². The highest BCUT2D eigenvalue weighted by Crippen LogP contribution is 2.17. The summed E-state index contributed by atoms with van der Waals surface area (Å²) in [5.41, 5.74) is 23.6. The van der Waals surface area contributed by atoms with Gasteiger partial charge in [-0.2, -0.15) is 14.7 Å². The summed E-state index contributed by atoms with van der Waals surface area (Å²) in [4.78, 5) is 46.4. The van der Waals surface area contributed by atoms with Crippen LogP contribution in [0.1, 0.15) is 62.8 Å². The van der Waals surface area contributed by atoms with Gasteiger partial charge in [0.1, 0.15) is 16.9 Å². The number of ether oxygens (including phenoxy) is 5. The molecule has 5 rings (SSSR count). The molecule has 5 heterocycles. The minimum Gasteiger partial charge on any atom is -0.477 e. The van der Waals surface area contributed by atoms with Gasteiger partial charge in [-0.3, -0.25) is 5.10 Å². The van der Waals surface area contributed by atoms with E-state index in [0.717, 1.165) is 12.0 Å². The minimum absolute atomic E-state index is 0. The normalized spacial score (nSPS) is 9.74. The van der Waals surface area contributed by atoms with Crippen LogP contribution in [0.5, 0.6) is 0 Å². The largest absolute Gasteiger partial charge is 0.477 e. The Morgan fingerprint density at radius 1 is 0.830 bits per heavy atom. The summed E-state index contributed by atoms with van der Waals surface area (Å²) in [5, 5.41) is 22.8. The Balaban J connectivity index is -0.000000624. The van der Waals surface area contributed by atoms with E-state index in [2.05, 4.69) is 30.4 Å². The van der Waals surface area contributed by atoms with E-state index in [1.165, 1.54) is 15.2 Å². The predicted molar refractivity (Wildman–Crippen MR) is 195 cm³/mol. The van der Waals surface area contributed by atoms with Gasteiger partial charge in [0, 0.05) is 66.6 Å². The number of nitrogens with one attached hydrogen (secondary N) is 1. The van der Waals surface area contributed by atoms with E-state index in [0.29, 0.717) is 30.3 Å². The summed E-state index contributed by atoms with van der Waals surface area (Å²) in [5.74, 6) is -0.418. The molecule has 0 saturated carbocycles. The number of anilines is 4. The number of aromatic nitrogens is 8. The lowest BCUT2D eigenvalue weighted by atomic mass is 10.2. The summed E-state index contributed by atoms with van der Waals surface area (Å²) in [6.45, 7) is 4.01. The van der Waals surface area contributed by atoms with Crippen LogP contribution < -0.4 is 22.9 Å². The van der Waals surface area contributed by atoms with Crippen molar-refractivity contribution in [1.82, 2.24) is 39.4 Å². The van der Waals surface area contributed by atoms with E-state index < -0.39 is 11.9 Å². The number of aromatic amines is 1. The molecule has 0 unspecified atom stereocenters. The van der Waals surface area contributed by atoms with Gasteiger partial charge in [-0.15, -0.1) is 10.2 Å². The number of methoxy groups -OCH3 is 4. The molecule has 0 atom stereocenters. The van der Waals surface area contributed by atoms with E-state index in [1.54, 1.807) is 66.1 Å². The molecule has 5 aromatic rings. The van der Waals surface area contributed by atoms with Gasteiger partial charge in [-0.25, -0.2) is 28.6 Å². The van der Waals surface area contributed by atoms with Crippen LogP contribution in [0.25, 0.3) is 11.3 Å². The maximum absolute atomic E-state index is 11.5. The Morgan fingerprint density at radius 2 is 1.26 bits per heavy atom. The van der Waals surface area contributed by atoms with Crippen LogP contribution >= 0.6 is 0 Å². The van der Waals surface area contributed by atoms with E-state index >= 15 is 0 Å². The zero-order valence-electron chi connectivity index (χ0n) is 28.8. The second-order valence-electron chi connectivity index (χ2n) is 9.30. The third-order valence-electron chi connectivity index (χ3n) is 6.26. The number of fused-ring (bicyclic) bond motifs is 2. The third kappa shape index (κ3) is 14.5. The number of H-pyrrole nitrogens is 1. The maximum atomic E-state index is 11.5. The second-order valence-corrected chi connectivity index (χ2v) is 9.30. The first-order valence-corrected chi connectivity index (χ1v) is 14.7. The highest BCUT2D eigenvalue weighted by Gasteiger charge is 2.20. The topological polar surface area (TPSA) is 328 Å². The van der Waals surface area contributed by atoms with Crippen molar-refractivity contribution < 1.29 is 49.4 Å². The second kappa shape index (κ2) is 25.7. The lowest BCUT2D eigenvalue weighted by Gasteiger charge is -2.18. The zero-order valence-corrected chi connectivity index (χ0v) is 28.8. The summed E-state index contributed by atoms with van der Waals surface area (Å²) < 4.78 is 27.4. The Labute approximate surface area is 307 Å². The SMILES string of the molecule is C.C.CCOC(=O)c1c(N)nn2cccnc12.CCc1c(N)n[nH]c1N.COC(CC(OC)OC)OC.Nc1nn2cccnc2c1C(=O)O.O=C=O.[HH]. The van der Waals surface area contributed by atoms with Gasteiger partial charge in [0.25, 0.3) is 0 Å². The number of carbonyl (C=O) groups excluding carboxylic acids is 3. The molecule has 0 spiro atoms. The molecule has 0 fully saturated rings. The fraction of sp³-hybridized carbons (Fsp3) is 0.419. The molecule has 10 N–H and O–H groups in total. The smallest absolute Gasteiger partial charge is 0.373 e. The van der Waals surface area contributed by atoms with Crippen LogP contribution in [-0.4, -0.2) is 110 Å². The van der Waals surface area contributed by atoms with Crippen molar-refractivity contribution in [2.75, 3.05) is 58.0 Å². The Morgan fingerprint density at radius 3 is 1.60 bits per heavy atom. The molecule has 0 aliphatic rings. The fourth-order valence-electron chi connectivity index (χ4n) is 3.91. The monoisotopic (exact) mass is 752 g/mol. The lowest BCUT2D eigenvalue weighted by Crippen LogP contribution is -2.24. The summed E-state index contributed by atoms with van der Waals surface area (Å²) >= 11 is 0. The minimum atomic E-state index is -1.12. The van der Waals surface area contributed by atoms with Gasteiger partial charge < -0.3 is 51.7 Å². The zero-order chi connectivity index (χ0) is 38.5. The van der Waals surface area contributed by atoms with Crippen LogP contribution in [0.15, 0.2) is 36.9 Å². The summed E-state index contributed by atoms with van der Waals surface area (Å²) in [6.07, 6.45) is 7.43. The summed E-state index contributed by atoms with van der Waals surface area (Å²) in [6, 6.07) is 3.35. The van der Waals surface area contributed by atoms with Crippen LogP contribution in [0.2, 0.25) is 0 Å². The molecule has 0 saturated heterocycles. The molecule has 5 aromatic heterocycles. The number of hydrogen-bond acceptors (Lipinski definition) is 18. The van der Waals surface area contributed by atoms with Gasteiger partial charge in [-0.05, 0) is 25.5 Å². The number of aromatic carboxylic acids is 1. The number of nitrogens with zero attached hydrogens (tertiary/aromatic N) is 7. The molecule has 0 aromatic carbocycles. The number of carboxylic acids is 1. The van der Waals surface area contributed by atoms with Crippen LogP contribution in [-0.2, 0) is 39.7 Å². The Hall–Kier alpha value is -6.19. The van der Waals surface area contributed by atoms with Crippen molar-refractivity contribution in [2.45, 2.75) is 54.1 Å². The van der Waals surface area contributed by atoms with E-state index in [1.807, 2.05) is 6.92 Å². The molecule has 22 heteroatoms. The molecule has 296 valence electrons. The Kier molecular flexibility index (Phi) is 23.7. The van der Waals surface area contributed by atoms with E-state index in [9.17, 15) is 9.59 Å². The molecule has 0 radical (unpaired) electrons. The Bertz CT molecular complexity index is 1810. The number of rotatable bonds is 10. The third-order valence-corrected chi connectivity index (χ3v) is 6.26. The standard InChI is InChI=1S/C9H10N4O2.C7H6N4O2.C7H16O4.C5H10N4.CO2.2CH4.H2/c1-2-15-9(14)6-7(10)12-13-5-3-4-11-8(6)13;8-5-4(7(12)13)6-9-2-1-3-11(6)10-5;1-8-6(9-2)5-7(10-3)11-4;1-2-3-4(6)8-9-5(3)7;2-1-3;;;/h3-5H,2H2,1H3,(H2,10,12);1-3H,(H2,8,10)(H,12,13);6-7H,5H2,1-4H3;2H2,1H3,(H5,6,7,8,9);;2*1H4;1H. The van der Waals surface area contributed by atoms with E-state index in [-0.39, 0.29) is 63.4 Å². The predicted octanol–water partition coefficient (Wildman–Crippen LogP) is 2.18. The van der Waals surface area contributed by atoms with E-state index in [4.69, 9.17) is 61.3 Å². The number of esters is 1. The van der Waals surface area contributed by atoms with Gasteiger partial charge >= 0.3 is 18.1 Å². The van der Waals surface area contributed by atoms with Gasteiger partial charge in [-0.1, -0.05) is 21.8 Å². The molecular weight excluding hydrogens is 700 g/mol. The first-order valence-electron chi connectivity index (χ1n) is 14.7. The first-order chi connectivity index (χ1) is 24.4. The van der Waals surface area contributed by atoms with Crippen molar-refractivity contribution in [3.63, 3.8) is 0 Å². The van der Waals surface area contributed by atoms with Crippen molar-refractivity contribution in [2.24, 2.45) is 0 Å². The van der Waals surface area contributed by atoms with Crippen LogP contribution in [0.4, 0.5) is 23.3 Å². The van der Waals surface area contributed by atoms with Crippen LogP contribution in [0, 0.1) is 0 Å². The number of carboxylic acid groups (broad SMARTS) is 1. The summed E-state index contributed by atoms with van der Waals surface area (Å²) in [7, 11) is 6.32. The molecule has 0 aliphatic carbocycles. The van der Waals surface area contributed by atoms with Gasteiger partial charge in [0.2, 0.25) is 0 Å². The fourth-order valence-corrected chi connectivity index (χ4v) is 3.91. The number of hydrogen-bond donors (Lipinski definition) is 6. The molecular formula is C31H52N12O10. The van der Waals surface area contributed by atoms with Crippen LogP contribution in [0.3, 0.4) is 0 Å². The van der Waals surface area contributed by atoms with Gasteiger partial charge in [0.15, 0.2) is 41.3 Å².